The Hall–Kier alpha value is -1.06. The maximum absolute atomic E-state index is 11.0. The van der Waals surface area contributed by atoms with Gasteiger partial charge in [0.1, 0.15) is 0 Å². The molecule has 0 spiro atoms. The van der Waals surface area contributed by atoms with Crippen LogP contribution in [0.3, 0.4) is 0 Å². The Morgan fingerprint density at radius 3 is 1.61 bits per heavy atom. The zero-order valence-electron chi connectivity index (χ0n) is 10.4. The molecule has 0 heterocycles. The van der Waals surface area contributed by atoms with Gasteiger partial charge in [-0.3, -0.25) is 0 Å². The maximum Gasteiger partial charge on any atom is 0.0419 e. The molecule has 100 valence electrons. The monoisotopic (exact) mass is 250 g/mol. The molecule has 0 aromatic carbocycles. The molecule has 0 amide bonds. The lowest BCUT2D eigenvalue weighted by atomic mass is 9.43. The van der Waals surface area contributed by atoms with Crippen LogP contribution in [-0.4, -0.2) is 11.9 Å². The number of aliphatic carboxylic acids is 2. The molecule has 0 N–H and O–H groups in total. The number of hydrogen-bond donors (Lipinski definition) is 0. The molecule has 4 heteroatoms. The van der Waals surface area contributed by atoms with E-state index in [0.29, 0.717) is 11.8 Å². The minimum absolute atomic E-state index is 0.106. The van der Waals surface area contributed by atoms with Gasteiger partial charge in [-0.15, -0.1) is 0 Å². The van der Waals surface area contributed by atoms with E-state index >= 15 is 0 Å². The number of hydrogen-bond acceptors (Lipinski definition) is 4. The summed E-state index contributed by atoms with van der Waals surface area (Å²) in [6, 6.07) is 0. The van der Waals surface area contributed by atoms with Crippen LogP contribution in [0.5, 0.6) is 0 Å². The molecule has 18 heavy (non-hydrogen) atoms. The predicted octanol–water partition coefficient (Wildman–Crippen LogP) is -0.147. The maximum atomic E-state index is 11.0. The molecule has 0 aromatic heterocycles. The summed E-state index contributed by atoms with van der Waals surface area (Å²) in [5.41, 5.74) is -0.364. The SMILES string of the molecule is O=C([O-])CC12CC3CC(C1)CC(CC(=O)[O-])(C3)C2. The molecule has 0 saturated heterocycles. The van der Waals surface area contributed by atoms with E-state index < -0.39 is 11.9 Å². The van der Waals surface area contributed by atoms with Gasteiger partial charge in [0, 0.05) is 11.9 Å². The van der Waals surface area contributed by atoms with Crippen molar-refractivity contribution < 1.29 is 19.8 Å². The Labute approximate surface area is 106 Å². The first kappa shape index (κ1) is 12.0. The molecular weight excluding hydrogens is 232 g/mol. The Morgan fingerprint density at radius 1 is 0.889 bits per heavy atom. The van der Waals surface area contributed by atoms with Crippen LogP contribution in [0.4, 0.5) is 0 Å². The molecule has 0 aliphatic heterocycles. The van der Waals surface area contributed by atoms with Crippen molar-refractivity contribution in [2.45, 2.75) is 51.4 Å². The van der Waals surface area contributed by atoms with Crippen molar-refractivity contribution >= 4 is 11.9 Å². The average molecular weight is 250 g/mol. The van der Waals surface area contributed by atoms with Gasteiger partial charge >= 0.3 is 0 Å². The van der Waals surface area contributed by atoms with Gasteiger partial charge in [0.25, 0.3) is 0 Å². The summed E-state index contributed by atoms with van der Waals surface area (Å²) in [6.07, 6.45) is 5.92. The van der Waals surface area contributed by atoms with E-state index in [0.717, 1.165) is 38.5 Å². The molecule has 0 aromatic rings. The van der Waals surface area contributed by atoms with Gasteiger partial charge in [-0.05, 0) is 74.0 Å². The number of rotatable bonds is 4. The highest BCUT2D eigenvalue weighted by Gasteiger charge is 2.57. The summed E-state index contributed by atoms with van der Waals surface area (Å²) in [5.74, 6) is -0.934. The second kappa shape index (κ2) is 3.72. The highest BCUT2D eigenvalue weighted by atomic mass is 16.4. The molecule has 4 bridgehead atoms. The van der Waals surface area contributed by atoms with E-state index in [1.165, 1.54) is 0 Å². The molecule has 0 atom stereocenters. The van der Waals surface area contributed by atoms with Crippen LogP contribution in [0.25, 0.3) is 0 Å². The summed E-state index contributed by atoms with van der Waals surface area (Å²) in [6.45, 7) is 0. The summed E-state index contributed by atoms with van der Waals surface area (Å²) in [5, 5.41) is 21.9. The lowest BCUT2D eigenvalue weighted by Crippen LogP contribution is -2.54. The fourth-order valence-corrected chi connectivity index (χ4v) is 5.68. The summed E-state index contributed by atoms with van der Waals surface area (Å²) >= 11 is 0. The van der Waals surface area contributed by atoms with Crippen molar-refractivity contribution in [2.24, 2.45) is 22.7 Å². The van der Waals surface area contributed by atoms with Gasteiger partial charge in [-0.25, -0.2) is 0 Å². The van der Waals surface area contributed by atoms with Gasteiger partial charge in [0.2, 0.25) is 0 Å². The van der Waals surface area contributed by atoms with Crippen LogP contribution in [0.2, 0.25) is 0 Å². The van der Waals surface area contributed by atoms with Crippen molar-refractivity contribution in [2.75, 3.05) is 0 Å². The normalized spacial score (nSPS) is 45.1. The van der Waals surface area contributed by atoms with Gasteiger partial charge < -0.3 is 19.8 Å². The Balaban J connectivity index is 1.87. The number of carbonyl (C=O) groups is 2. The molecule has 4 nitrogen and oxygen atoms in total. The summed E-state index contributed by atoms with van der Waals surface area (Å²) < 4.78 is 0. The fraction of sp³-hybridized carbons (Fsp3) is 0.857. The molecule has 4 rings (SSSR count). The third kappa shape index (κ3) is 1.91. The van der Waals surface area contributed by atoms with Gasteiger partial charge in [0.15, 0.2) is 0 Å². The lowest BCUT2D eigenvalue weighted by Gasteiger charge is -2.62. The van der Waals surface area contributed by atoms with Crippen LogP contribution >= 0.6 is 0 Å². The number of carboxylic acids is 2. The van der Waals surface area contributed by atoms with Crippen molar-refractivity contribution in [1.82, 2.24) is 0 Å². The first-order valence-electron chi connectivity index (χ1n) is 6.80. The predicted molar refractivity (Wildman–Crippen MR) is 58.8 cm³/mol. The topological polar surface area (TPSA) is 80.3 Å². The largest absolute Gasteiger partial charge is 0.550 e. The van der Waals surface area contributed by atoms with Crippen LogP contribution in [0.1, 0.15) is 51.4 Å². The Morgan fingerprint density at radius 2 is 1.28 bits per heavy atom. The minimum atomic E-state index is -0.986. The highest BCUT2D eigenvalue weighted by molar-refractivity contribution is 5.66. The molecule has 0 unspecified atom stereocenters. The molecular formula is C14H18O4-2. The molecule has 4 fully saturated rings. The zero-order valence-corrected chi connectivity index (χ0v) is 10.4. The van der Waals surface area contributed by atoms with Gasteiger partial charge in [-0.2, -0.15) is 0 Å². The fourth-order valence-electron chi connectivity index (χ4n) is 5.68. The third-order valence-corrected chi connectivity index (χ3v) is 5.34. The quantitative estimate of drug-likeness (QED) is 0.695. The molecule has 4 saturated carbocycles. The van der Waals surface area contributed by atoms with E-state index in [9.17, 15) is 19.8 Å². The first-order valence-corrected chi connectivity index (χ1v) is 6.80. The highest BCUT2D eigenvalue weighted by Crippen LogP contribution is 2.67. The number of carboxylic acid groups (broad SMARTS) is 2. The standard InChI is InChI=1S/C14H20O4/c15-11(16)6-13-2-9-1-10(4-13)5-14(3-9,8-13)7-12(17)18/h9-10H,1-8H2,(H,15,16)(H,17,18)/p-2. The molecule has 4 aliphatic carbocycles. The first-order chi connectivity index (χ1) is 8.40. The van der Waals surface area contributed by atoms with Gasteiger partial charge in [0.05, 0.1) is 0 Å². The smallest absolute Gasteiger partial charge is 0.0419 e. The lowest BCUT2D eigenvalue weighted by molar-refractivity contribution is -0.313. The van der Waals surface area contributed by atoms with E-state index in [1.807, 2.05) is 0 Å². The second-order valence-electron chi connectivity index (χ2n) is 7.06. The molecule has 4 aliphatic rings. The van der Waals surface area contributed by atoms with Crippen LogP contribution in [-0.2, 0) is 9.59 Å². The number of carbonyl (C=O) groups excluding carboxylic acids is 2. The second-order valence-corrected chi connectivity index (χ2v) is 7.06. The van der Waals surface area contributed by atoms with Crippen LogP contribution < -0.4 is 10.2 Å². The van der Waals surface area contributed by atoms with E-state index in [4.69, 9.17) is 0 Å². The zero-order chi connectivity index (χ0) is 13.0. The average Bonchev–Trinajstić information content (AvgIpc) is 2.08. The van der Waals surface area contributed by atoms with Crippen molar-refractivity contribution in [1.29, 1.82) is 0 Å². The van der Waals surface area contributed by atoms with Crippen molar-refractivity contribution in [3.63, 3.8) is 0 Å². The van der Waals surface area contributed by atoms with Gasteiger partial charge in [-0.1, -0.05) is 0 Å². The third-order valence-electron chi connectivity index (χ3n) is 5.34. The summed E-state index contributed by atoms with van der Waals surface area (Å²) in [4.78, 5) is 21.9. The molecule has 0 radical (unpaired) electrons. The summed E-state index contributed by atoms with van der Waals surface area (Å²) in [7, 11) is 0. The van der Waals surface area contributed by atoms with E-state index in [2.05, 4.69) is 0 Å². The van der Waals surface area contributed by atoms with E-state index in [-0.39, 0.29) is 23.7 Å². The minimum Gasteiger partial charge on any atom is -0.550 e. The van der Waals surface area contributed by atoms with Crippen molar-refractivity contribution in [3.8, 4) is 0 Å². The Bertz CT molecular complexity index is 353. The Kier molecular flexibility index (Phi) is 2.48. The van der Waals surface area contributed by atoms with Crippen molar-refractivity contribution in [3.05, 3.63) is 0 Å². The van der Waals surface area contributed by atoms with Crippen LogP contribution in [0.15, 0.2) is 0 Å². The van der Waals surface area contributed by atoms with Crippen LogP contribution in [0, 0.1) is 22.7 Å². The van der Waals surface area contributed by atoms with E-state index in [1.54, 1.807) is 0 Å².